The van der Waals surface area contributed by atoms with E-state index in [0.29, 0.717) is 11.9 Å². The van der Waals surface area contributed by atoms with Crippen LogP contribution < -0.4 is 0 Å². The molecule has 0 aliphatic carbocycles. The fourth-order valence-electron chi connectivity index (χ4n) is 7.88. The van der Waals surface area contributed by atoms with E-state index >= 15 is 0 Å². The zero-order valence-electron chi connectivity index (χ0n) is 26.6. The molecule has 0 aliphatic heterocycles. The molecule has 0 saturated heterocycles. The molecule has 5 aromatic heterocycles. The molecule has 0 aliphatic rings. The lowest BCUT2D eigenvalue weighted by molar-refractivity contribution is 0.759. The molecule has 5 heterocycles. The predicted molar refractivity (Wildman–Crippen MR) is 200 cm³/mol. The Labute approximate surface area is 284 Å². The number of para-hydroxylation sites is 6. The molecule has 8 heteroatoms. The SMILES string of the molecule is c1ccc(-n2c3ccccc3c3c4ccccc4n(-c4nnc(-n5c6ccccc6c6c7ccccc7n(-c7ccccc7)c65)nn4)c32)cc1. The van der Waals surface area contributed by atoms with Gasteiger partial charge in [0.2, 0.25) is 0 Å². The van der Waals surface area contributed by atoms with Gasteiger partial charge in [0.15, 0.2) is 0 Å². The molecule has 0 atom stereocenters. The molecule has 11 rings (SSSR count). The summed E-state index contributed by atoms with van der Waals surface area (Å²) in [6.07, 6.45) is 0. The van der Waals surface area contributed by atoms with Crippen molar-refractivity contribution in [3.05, 3.63) is 158 Å². The van der Waals surface area contributed by atoms with Crippen molar-refractivity contribution in [3.8, 4) is 23.3 Å². The van der Waals surface area contributed by atoms with Crippen LogP contribution in [0.15, 0.2) is 158 Å². The van der Waals surface area contributed by atoms with Crippen molar-refractivity contribution in [1.82, 2.24) is 38.7 Å². The van der Waals surface area contributed by atoms with Crippen molar-refractivity contribution in [3.63, 3.8) is 0 Å². The monoisotopic (exact) mass is 642 g/mol. The molecule has 0 amide bonds. The molecule has 0 fully saturated rings. The van der Waals surface area contributed by atoms with E-state index in [1.165, 1.54) is 0 Å². The standard InChI is InChI=1S/C42H26N8/c1-3-15-27(16-4-1)47-33-23-11-7-19-29(33)37-31-21-9-13-25-35(31)49(39(37)47)41-43-45-42(46-44-41)50-36-26-14-10-22-32(36)38-30-20-8-12-24-34(30)48(40(38)50)28-17-5-2-6-18-28/h1-26H. The van der Waals surface area contributed by atoms with E-state index in [2.05, 4.69) is 152 Å². The Balaban J connectivity index is 1.21. The Kier molecular flexibility index (Phi) is 5.51. The number of benzene rings is 6. The van der Waals surface area contributed by atoms with Gasteiger partial charge in [-0.2, -0.15) is 0 Å². The zero-order valence-corrected chi connectivity index (χ0v) is 26.6. The van der Waals surface area contributed by atoms with E-state index in [-0.39, 0.29) is 0 Å². The number of nitrogens with zero attached hydrogens (tertiary/aromatic N) is 8. The van der Waals surface area contributed by atoms with Crippen LogP contribution in [0.5, 0.6) is 0 Å². The summed E-state index contributed by atoms with van der Waals surface area (Å²) in [6.45, 7) is 0. The molecule has 50 heavy (non-hydrogen) atoms. The lowest BCUT2D eigenvalue weighted by Crippen LogP contribution is -2.12. The summed E-state index contributed by atoms with van der Waals surface area (Å²) in [5.41, 5.74) is 8.22. The van der Waals surface area contributed by atoms with E-state index in [1.54, 1.807) is 0 Å². The van der Waals surface area contributed by atoms with Gasteiger partial charge in [-0.15, -0.1) is 20.4 Å². The van der Waals surface area contributed by atoms with Gasteiger partial charge < -0.3 is 0 Å². The van der Waals surface area contributed by atoms with Crippen LogP contribution in [0.1, 0.15) is 0 Å². The third kappa shape index (κ3) is 3.59. The lowest BCUT2D eigenvalue weighted by Gasteiger charge is -2.12. The highest BCUT2D eigenvalue weighted by Crippen LogP contribution is 2.41. The maximum absolute atomic E-state index is 4.85. The third-order valence-electron chi connectivity index (χ3n) is 9.84. The number of hydrogen-bond acceptors (Lipinski definition) is 4. The highest BCUT2D eigenvalue weighted by Gasteiger charge is 2.26. The lowest BCUT2D eigenvalue weighted by atomic mass is 10.1. The van der Waals surface area contributed by atoms with Crippen molar-refractivity contribution in [2.75, 3.05) is 0 Å². The summed E-state index contributed by atoms with van der Waals surface area (Å²) >= 11 is 0. The molecule has 0 unspecified atom stereocenters. The first-order valence-electron chi connectivity index (χ1n) is 16.6. The maximum atomic E-state index is 4.85. The second-order valence-corrected chi connectivity index (χ2v) is 12.5. The van der Waals surface area contributed by atoms with E-state index in [1.807, 2.05) is 24.3 Å². The second-order valence-electron chi connectivity index (χ2n) is 12.5. The van der Waals surface area contributed by atoms with Crippen LogP contribution in [-0.4, -0.2) is 38.7 Å². The largest absolute Gasteiger partial charge is 0.295 e. The highest BCUT2D eigenvalue weighted by atomic mass is 15.4. The summed E-state index contributed by atoms with van der Waals surface area (Å²) in [4.78, 5) is 0. The van der Waals surface area contributed by atoms with Crippen molar-refractivity contribution in [1.29, 1.82) is 0 Å². The molecular weight excluding hydrogens is 617 g/mol. The van der Waals surface area contributed by atoms with Crippen LogP contribution in [-0.2, 0) is 0 Å². The van der Waals surface area contributed by atoms with Crippen molar-refractivity contribution in [2.45, 2.75) is 0 Å². The quantitative estimate of drug-likeness (QED) is 0.192. The first-order chi connectivity index (χ1) is 24.9. The van der Waals surface area contributed by atoms with Gasteiger partial charge in [0, 0.05) is 43.7 Å². The molecule has 234 valence electrons. The van der Waals surface area contributed by atoms with Gasteiger partial charge >= 0.3 is 0 Å². The van der Waals surface area contributed by atoms with Gasteiger partial charge in [0.25, 0.3) is 11.9 Å². The minimum Gasteiger partial charge on any atom is -0.295 e. The molecule has 11 aromatic rings. The van der Waals surface area contributed by atoms with Gasteiger partial charge in [0.05, 0.1) is 22.1 Å². The smallest absolute Gasteiger partial charge is 0.275 e. The Morgan fingerprint density at radius 3 is 0.900 bits per heavy atom. The Hall–Kier alpha value is -7.06. The number of hydrogen-bond donors (Lipinski definition) is 0. The van der Waals surface area contributed by atoms with Gasteiger partial charge in [-0.25, -0.2) is 0 Å². The number of aromatic nitrogens is 8. The summed E-state index contributed by atoms with van der Waals surface area (Å²) in [5.74, 6) is 0.799. The number of fused-ring (bicyclic) bond motifs is 10. The van der Waals surface area contributed by atoms with E-state index < -0.39 is 0 Å². The van der Waals surface area contributed by atoms with Crippen LogP contribution >= 0.6 is 0 Å². The molecule has 8 nitrogen and oxygen atoms in total. The maximum Gasteiger partial charge on any atom is 0.275 e. The highest BCUT2D eigenvalue weighted by molar-refractivity contribution is 6.23. The minimum atomic E-state index is 0.399. The summed E-state index contributed by atoms with van der Waals surface area (Å²) < 4.78 is 8.74. The van der Waals surface area contributed by atoms with Gasteiger partial charge in [-0.3, -0.25) is 18.3 Å². The summed E-state index contributed by atoms with van der Waals surface area (Å²) in [5, 5.41) is 26.2. The fraction of sp³-hybridized carbons (Fsp3) is 0. The zero-order chi connectivity index (χ0) is 32.8. The molecule has 0 radical (unpaired) electrons. The third-order valence-corrected chi connectivity index (χ3v) is 9.84. The van der Waals surface area contributed by atoms with Crippen LogP contribution in [0.4, 0.5) is 0 Å². The Morgan fingerprint density at radius 2 is 0.560 bits per heavy atom. The van der Waals surface area contributed by atoms with Gasteiger partial charge in [-0.1, -0.05) is 109 Å². The average Bonchev–Trinajstić information content (AvgIpc) is 3.90. The molecule has 0 spiro atoms. The summed E-state index contributed by atoms with van der Waals surface area (Å²) in [7, 11) is 0. The molecule has 0 bridgehead atoms. The van der Waals surface area contributed by atoms with Crippen molar-refractivity contribution < 1.29 is 0 Å². The molecular formula is C42H26N8. The molecule has 0 N–H and O–H groups in total. The van der Waals surface area contributed by atoms with Gasteiger partial charge in [0.1, 0.15) is 11.3 Å². The normalized spacial score (nSPS) is 12.0. The Morgan fingerprint density at radius 1 is 0.280 bits per heavy atom. The summed E-state index contributed by atoms with van der Waals surface area (Å²) in [6, 6.07) is 54.7. The topological polar surface area (TPSA) is 71.3 Å². The van der Waals surface area contributed by atoms with E-state index in [9.17, 15) is 0 Å². The van der Waals surface area contributed by atoms with Crippen LogP contribution in [0, 0.1) is 0 Å². The second kappa shape index (κ2) is 10.2. The molecule has 6 aromatic carbocycles. The first-order valence-corrected chi connectivity index (χ1v) is 16.6. The van der Waals surface area contributed by atoms with E-state index in [4.69, 9.17) is 20.4 Å². The number of rotatable bonds is 4. The fourth-order valence-corrected chi connectivity index (χ4v) is 7.88. The predicted octanol–water partition coefficient (Wildman–Crippen LogP) is 9.35. The average molecular weight is 643 g/mol. The van der Waals surface area contributed by atoms with Crippen LogP contribution in [0.3, 0.4) is 0 Å². The van der Waals surface area contributed by atoms with Crippen LogP contribution in [0.25, 0.3) is 88.9 Å². The Bertz CT molecular complexity index is 2860. The van der Waals surface area contributed by atoms with Gasteiger partial charge in [-0.05, 0) is 48.5 Å². The van der Waals surface area contributed by atoms with Crippen molar-refractivity contribution in [2.24, 2.45) is 0 Å². The minimum absolute atomic E-state index is 0.399. The molecule has 0 saturated carbocycles. The first kappa shape index (κ1) is 26.9. The van der Waals surface area contributed by atoms with Crippen LogP contribution in [0.2, 0.25) is 0 Å². The van der Waals surface area contributed by atoms with E-state index in [0.717, 1.165) is 77.1 Å². The van der Waals surface area contributed by atoms with Crippen molar-refractivity contribution >= 4 is 65.7 Å².